The lowest BCUT2D eigenvalue weighted by molar-refractivity contribution is 0.468. The molecular formula is C9H10Cl2O. The summed E-state index contributed by atoms with van der Waals surface area (Å²) in [4.78, 5) is 0. The highest BCUT2D eigenvalue weighted by atomic mass is 35.5. The minimum atomic E-state index is -0.111. The van der Waals surface area contributed by atoms with Crippen LogP contribution in [0.2, 0.25) is 0 Å². The van der Waals surface area contributed by atoms with Gasteiger partial charge in [-0.2, -0.15) is 0 Å². The number of alkyl halides is 2. The zero-order chi connectivity index (χ0) is 8.97. The molecule has 0 bridgehead atoms. The van der Waals surface area contributed by atoms with Crippen LogP contribution in [-0.4, -0.2) is 16.4 Å². The van der Waals surface area contributed by atoms with Crippen LogP contribution in [0.1, 0.15) is 5.56 Å². The van der Waals surface area contributed by atoms with Gasteiger partial charge in [0.25, 0.3) is 0 Å². The van der Waals surface area contributed by atoms with Crippen molar-refractivity contribution in [3.8, 4) is 5.75 Å². The second-order valence-electron chi connectivity index (χ2n) is 2.58. The molecule has 66 valence electrons. The van der Waals surface area contributed by atoms with Gasteiger partial charge in [-0.1, -0.05) is 18.2 Å². The molecule has 0 aliphatic rings. The van der Waals surface area contributed by atoms with E-state index >= 15 is 0 Å². The van der Waals surface area contributed by atoms with Crippen LogP contribution in [0, 0.1) is 0 Å². The zero-order valence-corrected chi connectivity index (χ0v) is 8.02. The molecule has 1 aromatic rings. The second-order valence-corrected chi connectivity index (χ2v) is 3.51. The molecule has 0 radical (unpaired) electrons. The van der Waals surface area contributed by atoms with Gasteiger partial charge >= 0.3 is 0 Å². The maximum atomic E-state index is 9.35. The van der Waals surface area contributed by atoms with Crippen molar-refractivity contribution < 1.29 is 5.11 Å². The van der Waals surface area contributed by atoms with E-state index in [1.807, 2.05) is 12.1 Å². The van der Waals surface area contributed by atoms with Crippen molar-refractivity contribution in [2.45, 2.75) is 11.8 Å². The van der Waals surface area contributed by atoms with Crippen LogP contribution in [0.15, 0.2) is 24.3 Å². The first-order chi connectivity index (χ1) is 5.74. The summed E-state index contributed by atoms with van der Waals surface area (Å²) in [5.74, 6) is 0.684. The Bertz CT molecular complexity index is 250. The fourth-order valence-electron chi connectivity index (χ4n) is 0.977. The van der Waals surface area contributed by atoms with Gasteiger partial charge in [0, 0.05) is 5.88 Å². The van der Waals surface area contributed by atoms with Gasteiger partial charge in [-0.05, 0) is 18.1 Å². The summed E-state index contributed by atoms with van der Waals surface area (Å²) >= 11 is 11.4. The number of phenols is 1. The molecule has 1 unspecified atom stereocenters. The van der Waals surface area contributed by atoms with Gasteiger partial charge in [-0.3, -0.25) is 0 Å². The van der Waals surface area contributed by atoms with Crippen LogP contribution in [0.25, 0.3) is 0 Å². The van der Waals surface area contributed by atoms with E-state index in [0.29, 0.717) is 12.3 Å². The molecule has 12 heavy (non-hydrogen) atoms. The highest BCUT2D eigenvalue weighted by molar-refractivity contribution is 6.28. The first-order valence-electron chi connectivity index (χ1n) is 3.71. The maximum Gasteiger partial charge on any atom is 0.118 e. The molecule has 1 nitrogen and oxygen atoms in total. The van der Waals surface area contributed by atoms with Gasteiger partial charge in [-0.15, -0.1) is 23.2 Å². The summed E-state index contributed by atoms with van der Waals surface area (Å²) in [6, 6.07) is 7.14. The lowest BCUT2D eigenvalue weighted by Gasteiger charge is -2.06. The summed E-state index contributed by atoms with van der Waals surface area (Å²) < 4.78 is 0. The quantitative estimate of drug-likeness (QED) is 0.752. The Labute approximate surface area is 81.9 Å². The number of hydrogen-bond acceptors (Lipinski definition) is 1. The van der Waals surface area contributed by atoms with E-state index in [2.05, 4.69) is 0 Å². The van der Waals surface area contributed by atoms with Crippen molar-refractivity contribution in [2.24, 2.45) is 0 Å². The topological polar surface area (TPSA) is 20.2 Å². The van der Waals surface area contributed by atoms with Crippen molar-refractivity contribution in [3.63, 3.8) is 0 Å². The van der Waals surface area contributed by atoms with E-state index in [0.717, 1.165) is 5.56 Å². The molecule has 0 amide bonds. The average Bonchev–Trinajstić information content (AvgIpc) is 2.09. The lowest BCUT2D eigenvalue weighted by Crippen LogP contribution is -2.04. The van der Waals surface area contributed by atoms with Gasteiger partial charge in [0.1, 0.15) is 5.75 Å². The van der Waals surface area contributed by atoms with Gasteiger partial charge < -0.3 is 5.11 Å². The summed E-state index contributed by atoms with van der Waals surface area (Å²) in [5, 5.41) is 9.24. The average molecular weight is 205 g/mol. The van der Waals surface area contributed by atoms with Crippen LogP contribution >= 0.6 is 23.2 Å². The summed E-state index contributed by atoms with van der Waals surface area (Å²) in [5.41, 5.74) is 0.846. The molecule has 0 heterocycles. The number of para-hydroxylation sites is 1. The Hall–Kier alpha value is -0.400. The normalized spacial score (nSPS) is 12.8. The minimum Gasteiger partial charge on any atom is -0.508 e. The smallest absolute Gasteiger partial charge is 0.118 e. The molecule has 3 heteroatoms. The van der Waals surface area contributed by atoms with Crippen LogP contribution < -0.4 is 0 Å². The standard InChI is InChI=1S/C9H10Cl2O/c10-6-8(11)5-7-3-1-2-4-9(7)12/h1-4,8,12H,5-6H2. The molecule has 1 N–H and O–H groups in total. The Balaban J connectivity index is 2.69. The number of halogens is 2. The monoisotopic (exact) mass is 204 g/mol. The molecule has 0 saturated carbocycles. The third-order valence-electron chi connectivity index (χ3n) is 1.60. The fraction of sp³-hybridized carbons (Fsp3) is 0.333. The SMILES string of the molecule is Oc1ccccc1CC(Cl)CCl. The molecule has 0 saturated heterocycles. The van der Waals surface area contributed by atoms with Crippen LogP contribution in [0.4, 0.5) is 0 Å². The maximum absolute atomic E-state index is 9.35. The predicted octanol–water partition coefficient (Wildman–Crippen LogP) is 2.78. The van der Waals surface area contributed by atoms with Crippen molar-refractivity contribution in [1.82, 2.24) is 0 Å². The lowest BCUT2D eigenvalue weighted by atomic mass is 10.1. The number of benzene rings is 1. The van der Waals surface area contributed by atoms with Gasteiger partial charge in [-0.25, -0.2) is 0 Å². The number of phenolic OH excluding ortho intramolecular Hbond substituents is 1. The molecule has 0 fully saturated rings. The first kappa shape index (κ1) is 9.69. The largest absolute Gasteiger partial charge is 0.508 e. The third-order valence-corrected chi connectivity index (χ3v) is 2.44. The van der Waals surface area contributed by atoms with Gasteiger partial charge in [0.15, 0.2) is 0 Å². The molecule has 1 atom stereocenters. The Morgan fingerprint density at radius 2 is 2.00 bits per heavy atom. The molecule has 0 aliphatic heterocycles. The highest BCUT2D eigenvalue weighted by Gasteiger charge is 2.06. The van der Waals surface area contributed by atoms with E-state index < -0.39 is 0 Å². The Kier molecular flexibility index (Phi) is 3.70. The molecule has 0 spiro atoms. The van der Waals surface area contributed by atoms with Crippen molar-refractivity contribution in [2.75, 3.05) is 5.88 Å². The minimum absolute atomic E-state index is 0.111. The Morgan fingerprint density at radius 3 is 2.58 bits per heavy atom. The predicted molar refractivity (Wildman–Crippen MR) is 52.2 cm³/mol. The van der Waals surface area contributed by atoms with Crippen molar-refractivity contribution in [1.29, 1.82) is 0 Å². The highest BCUT2D eigenvalue weighted by Crippen LogP contribution is 2.19. The van der Waals surface area contributed by atoms with Crippen LogP contribution in [0.5, 0.6) is 5.75 Å². The third kappa shape index (κ3) is 2.58. The summed E-state index contributed by atoms with van der Waals surface area (Å²) in [6.07, 6.45) is 0.609. The van der Waals surface area contributed by atoms with E-state index in [1.165, 1.54) is 0 Å². The van der Waals surface area contributed by atoms with Crippen LogP contribution in [-0.2, 0) is 6.42 Å². The second kappa shape index (κ2) is 4.58. The molecule has 1 rings (SSSR count). The summed E-state index contributed by atoms with van der Waals surface area (Å²) in [6.45, 7) is 0. The van der Waals surface area contributed by atoms with Crippen molar-refractivity contribution >= 4 is 23.2 Å². The van der Waals surface area contributed by atoms with Gasteiger partial charge in [0.2, 0.25) is 0 Å². The molecule has 0 aromatic heterocycles. The Morgan fingerprint density at radius 1 is 1.33 bits per heavy atom. The zero-order valence-electron chi connectivity index (χ0n) is 6.50. The first-order valence-corrected chi connectivity index (χ1v) is 4.68. The van der Waals surface area contributed by atoms with E-state index in [9.17, 15) is 5.11 Å². The molecule has 0 aliphatic carbocycles. The van der Waals surface area contributed by atoms with E-state index in [1.54, 1.807) is 12.1 Å². The van der Waals surface area contributed by atoms with Crippen molar-refractivity contribution in [3.05, 3.63) is 29.8 Å². The number of rotatable bonds is 3. The fourth-order valence-corrected chi connectivity index (χ4v) is 1.25. The molecule has 1 aromatic carbocycles. The molecular weight excluding hydrogens is 195 g/mol. The van der Waals surface area contributed by atoms with E-state index in [-0.39, 0.29) is 11.1 Å². The number of aromatic hydroxyl groups is 1. The van der Waals surface area contributed by atoms with Gasteiger partial charge in [0.05, 0.1) is 5.38 Å². The van der Waals surface area contributed by atoms with Crippen LogP contribution in [0.3, 0.4) is 0 Å². The van der Waals surface area contributed by atoms with E-state index in [4.69, 9.17) is 23.2 Å². The summed E-state index contributed by atoms with van der Waals surface area (Å²) in [7, 11) is 0. The number of hydrogen-bond donors (Lipinski definition) is 1.